The van der Waals surface area contributed by atoms with Crippen LogP contribution in [0.1, 0.15) is 24.7 Å². The van der Waals surface area contributed by atoms with Gasteiger partial charge in [0.25, 0.3) is 0 Å². The largest absolute Gasteiger partial charge is 0.339 e. The number of para-hydroxylation sites is 1. The zero-order valence-corrected chi connectivity index (χ0v) is 16.7. The zero-order valence-electron chi connectivity index (χ0n) is 16.7. The molecule has 8 heteroatoms. The van der Waals surface area contributed by atoms with Gasteiger partial charge in [0.1, 0.15) is 5.82 Å². The van der Waals surface area contributed by atoms with Crippen LogP contribution >= 0.6 is 0 Å². The van der Waals surface area contributed by atoms with Crippen molar-refractivity contribution in [2.24, 2.45) is 0 Å². The number of rotatable bonds is 3. The zero-order chi connectivity index (χ0) is 21.2. The van der Waals surface area contributed by atoms with Gasteiger partial charge in [-0.2, -0.15) is 4.98 Å². The summed E-state index contributed by atoms with van der Waals surface area (Å²) in [6.07, 6.45) is 3.37. The van der Waals surface area contributed by atoms with Crippen LogP contribution in [0.4, 0.5) is 14.9 Å². The summed E-state index contributed by atoms with van der Waals surface area (Å²) in [5.41, 5.74) is 1.99. The van der Waals surface area contributed by atoms with Crippen LogP contribution in [0, 0.1) is 5.82 Å². The van der Waals surface area contributed by atoms with Crippen molar-refractivity contribution < 1.29 is 13.7 Å². The topological polar surface area (TPSA) is 84.2 Å². The number of halogens is 1. The van der Waals surface area contributed by atoms with Crippen molar-refractivity contribution >= 4 is 22.6 Å². The van der Waals surface area contributed by atoms with E-state index in [1.807, 2.05) is 30.3 Å². The standard InChI is InChI=1S/C23H20FN5O2/c24-18-9-1-6-16(13-18)21-27-22(31-28-21)17-8-4-12-29(14-17)23(30)26-19-10-2-5-15-7-3-11-25-20(15)19/h1-3,5-7,9-11,13,17H,4,8,12,14H2,(H,26,30). The maximum atomic E-state index is 13.5. The maximum absolute atomic E-state index is 13.5. The summed E-state index contributed by atoms with van der Waals surface area (Å²) in [5.74, 6) is 0.383. The number of nitrogens with one attached hydrogen (secondary N) is 1. The molecule has 2 aromatic carbocycles. The molecule has 1 atom stereocenters. The van der Waals surface area contributed by atoms with E-state index >= 15 is 0 Å². The first-order valence-electron chi connectivity index (χ1n) is 10.2. The van der Waals surface area contributed by atoms with E-state index in [1.54, 1.807) is 23.2 Å². The van der Waals surface area contributed by atoms with E-state index < -0.39 is 0 Å². The van der Waals surface area contributed by atoms with Crippen molar-refractivity contribution in [1.82, 2.24) is 20.0 Å². The van der Waals surface area contributed by atoms with E-state index in [0.29, 0.717) is 36.1 Å². The number of benzene rings is 2. The molecule has 1 saturated heterocycles. The fraction of sp³-hybridized carbons (Fsp3) is 0.217. The van der Waals surface area contributed by atoms with E-state index in [-0.39, 0.29) is 17.8 Å². The summed E-state index contributed by atoms with van der Waals surface area (Å²) >= 11 is 0. The summed E-state index contributed by atoms with van der Waals surface area (Å²) in [5, 5.41) is 7.94. The number of carbonyl (C=O) groups is 1. The van der Waals surface area contributed by atoms with E-state index in [4.69, 9.17) is 4.52 Å². The number of anilines is 1. The lowest BCUT2D eigenvalue weighted by atomic mass is 9.98. The third-order valence-corrected chi connectivity index (χ3v) is 5.46. The molecule has 31 heavy (non-hydrogen) atoms. The number of carbonyl (C=O) groups excluding carboxylic acids is 1. The van der Waals surface area contributed by atoms with E-state index in [1.165, 1.54) is 12.1 Å². The summed E-state index contributed by atoms with van der Waals surface area (Å²) in [6.45, 7) is 1.11. The van der Waals surface area contributed by atoms with Gasteiger partial charge < -0.3 is 14.7 Å². The van der Waals surface area contributed by atoms with Crippen molar-refractivity contribution in [1.29, 1.82) is 0 Å². The molecule has 3 heterocycles. The average molecular weight is 417 g/mol. The molecule has 1 aliphatic rings. The van der Waals surface area contributed by atoms with Crippen LogP contribution in [0.15, 0.2) is 65.3 Å². The van der Waals surface area contributed by atoms with Gasteiger partial charge >= 0.3 is 6.03 Å². The Balaban J connectivity index is 1.31. The highest BCUT2D eigenvalue weighted by atomic mass is 19.1. The Morgan fingerprint density at radius 3 is 2.94 bits per heavy atom. The first-order chi connectivity index (χ1) is 15.2. The van der Waals surface area contributed by atoms with Crippen LogP contribution < -0.4 is 5.32 Å². The number of hydrogen-bond donors (Lipinski definition) is 1. The first-order valence-corrected chi connectivity index (χ1v) is 10.2. The Labute approximate surface area is 177 Å². The Kier molecular flexibility index (Phi) is 5.03. The lowest BCUT2D eigenvalue weighted by molar-refractivity contribution is 0.184. The number of aromatic nitrogens is 3. The number of piperidine rings is 1. The first kappa shape index (κ1) is 19.2. The van der Waals surface area contributed by atoms with Gasteiger partial charge in [0.05, 0.1) is 17.1 Å². The minimum Gasteiger partial charge on any atom is -0.339 e. The van der Waals surface area contributed by atoms with Gasteiger partial charge in [-0.05, 0) is 37.1 Å². The number of urea groups is 1. The van der Waals surface area contributed by atoms with Crippen LogP contribution in [0.3, 0.4) is 0 Å². The van der Waals surface area contributed by atoms with E-state index in [9.17, 15) is 9.18 Å². The molecule has 1 N–H and O–H groups in total. The van der Waals surface area contributed by atoms with Crippen molar-refractivity contribution in [2.75, 3.05) is 18.4 Å². The molecule has 0 saturated carbocycles. The SMILES string of the molecule is O=C(Nc1cccc2cccnc12)N1CCCC(c2nc(-c3cccc(F)c3)no2)C1. The van der Waals surface area contributed by atoms with Crippen molar-refractivity contribution in [3.63, 3.8) is 0 Å². The van der Waals surface area contributed by atoms with Crippen molar-refractivity contribution in [3.05, 3.63) is 72.5 Å². The minimum atomic E-state index is -0.354. The fourth-order valence-corrected chi connectivity index (χ4v) is 3.91. The predicted molar refractivity (Wildman–Crippen MR) is 114 cm³/mol. The molecule has 4 aromatic rings. The molecule has 1 aliphatic heterocycles. The number of pyridine rings is 1. The minimum absolute atomic E-state index is 0.0695. The molecule has 5 rings (SSSR count). The molecule has 2 amide bonds. The molecule has 0 spiro atoms. The molecule has 2 aromatic heterocycles. The monoisotopic (exact) mass is 417 g/mol. The Hall–Kier alpha value is -3.81. The van der Waals surface area contributed by atoms with Crippen LogP contribution in [-0.4, -0.2) is 39.1 Å². The number of fused-ring (bicyclic) bond motifs is 1. The smallest absolute Gasteiger partial charge is 0.321 e. The summed E-state index contributed by atoms with van der Waals surface area (Å²) in [7, 11) is 0. The van der Waals surface area contributed by atoms with Crippen LogP contribution in [0.5, 0.6) is 0 Å². The predicted octanol–water partition coefficient (Wildman–Crippen LogP) is 4.84. The molecule has 1 fully saturated rings. The summed E-state index contributed by atoms with van der Waals surface area (Å²) in [4.78, 5) is 23.5. The molecule has 7 nitrogen and oxygen atoms in total. The Morgan fingerprint density at radius 1 is 1.16 bits per heavy atom. The molecule has 0 aliphatic carbocycles. The highest BCUT2D eigenvalue weighted by Gasteiger charge is 2.29. The average Bonchev–Trinajstić information content (AvgIpc) is 3.30. The number of nitrogens with zero attached hydrogens (tertiary/aromatic N) is 4. The van der Waals surface area contributed by atoms with Crippen LogP contribution in [0.2, 0.25) is 0 Å². The van der Waals surface area contributed by atoms with Crippen molar-refractivity contribution in [3.8, 4) is 11.4 Å². The van der Waals surface area contributed by atoms with Gasteiger partial charge in [0.2, 0.25) is 11.7 Å². The van der Waals surface area contributed by atoms with E-state index in [0.717, 1.165) is 23.7 Å². The Bertz CT molecular complexity index is 1240. The third-order valence-electron chi connectivity index (χ3n) is 5.46. The van der Waals surface area contributed by atoms with Gasteiger partial charge in [-0.15, -0.1) is 0 Å². The number of likely N-dealkylation sites (tertiary alicyclic amines) is 1. The lowest BCUT2D eigenvalue weighted by Gasteiger charge is -2.31. The molecule has 0 bridgehead atoms. The van der Waals surface area contributed by atoms with Crippen molar-refractivity contribution in [2.45, 2.75) is 18.8 Å². The highest BCUT2D eigenvalue weighted by molar-refractivity contribution is 5.99. The number of hydrogen-bond acceptors (Lipinski definition) is 5. The molecular weight excluding hydrogens is 397 g/mol. The van der Waals surface area contributed by atoms with Gasteiger partial charge in [0.15, 0.2) is 0 Å². The van der Waals surface area contributed by atoms with Gasteiger partial charge in [0, 0.05) is 30.2 Å². The lowest BCUT2D eigenvalue weighted by Crippen LogP contribution is -2.41. The second-order valence-corrected chi connectivity index (χ2v) is 7.56. The van der Waals surface area contributed by atoms with Crippen LogP contribution in [0.25, 0.3) is 22.3 Å². The quantitative estimate of drug-likeness (QED) is 0.516. The third kappa shape index (κ3) is 3.96. The molecule has 156 valence electrons. The van der Waals surface area contributed by atoms with Crippen LogP contribution in [-0.2, 0) is 0 Å². The normalized spacial score (nSPS) is 16.4. The summed E-state index contributed by atoms with van der Waals surface area (Å²) < 4.78 is 18.9. The Morgan fingerprint density at radius 2 is 2.03 bits per heavy atom. The molecular formula is C23H20FN5O2. The maximum Gasteiger partial charge on any atom is 0.321 e. The second kappa shape index (κ2) is 8.14. The van der Waals surface area contributed by atoms with Gasteiger partial charge in [-0.3, -0.25) is 4.98 Å². The molecule has 1 unspecified atom stereocenters. The van der Waals surface area contributed by atoms with Gasteiger partial charge in [-0.1, -0.05) is 35.5 Å². The molecule has 0 radical (unpaired) electrons. The fourth-order valence-electron chi connectivity index (χ4n) is 3.91. The summed E-state index contributed by atoms with van der Waals surface area (Å²) in [6, 6.07) is 15.4. The second-order valence-electron chi connectivity index (χ2n) is 7.56. The van der Waals surface area contributed by atoms with E-state index in [2.05, 4.69) is 20.4 Å². The number of amides is 2. The van der Waals surface area contributed by atoms with Gasteiger partial charge in [-0.25, -0.2) is 9.18 Å². The highest BCUT2D eigenvalue weighted by Crippen LogP contribution is 2.29.